The van der Waals surface area contributed by atoms with Gasteiger partial charge in [0.05, 0.1) is 10.6 Å². The molecular weight excluding hydrogens is 368 g/mol. The van der Waals surface area contributed by atoms with Gasteiger partial charge >= 0.3 is 0 Å². The van der Waals surface area contributed by atoms with E-state index in [9.17, 15) is 9.59 Å². The fourth-order valence-corrected chi connectivity index (χ4v) is 4.23. The molecule has 1 aromatic carbocycles. The minimum atomic E-state index is -0.822. The first-order valence-electron chi connectivity index (χ1n) is 7.99. The molecule has 4 rings (SSSR count). The molecule has 26 heavy (non-hydrogen) atoms. The zero-order chi connectivity index (χ0) is 18.3. The SMILES string of the molecule is CC1(C)NN2C(=NC1=O)SC(NC(=O)c1cccs1)=C2c1ccccc1. The molecule has 2 amide bonds. The first kappa shape index (κ1) is 17.0. The fourth-order valence-electron chi connectivity index (χ4n) is 2.63. The normalized spacial score (nSPS) is 18.6. The number of benzene rings is 1. The number of thioether (sulfide) groups is 1. The van der Waals surface area contributed by atoms with Crippen molar-refractivity contribution >= 4 is 45.8 Å². The number of rotatable bonds is 3. The van der Waals surface area contributed by atoms with Gasteiger partial charge in [-0.3, -0.25) is 9.59 Å². The molecule has 0 fully saturated rings. The van der Waals surface area contributed by atoms with Gasteiger partial charge in [0.15, 0.2) is 5.17 Å². The molecule has 132 valence electrons. The second kappa shape index (κ2) is 6.39. The average Bonchev–Trinajstić information content (AvgIpc) is 3.24. The number of thiophene rings is 1. The summed E-state index contributed by atoms with van der Waals surface area (Å²) in [6.07, 6.45) is 0. The Morgan fingerprint density at radius 2 is 1.96 bits per heavy atom. The lowest BCUT2D eigenvalue weighted by Gasteiger charge is -2.35. The largest absolute Gasteiger partial charge is 0.314 e. The topological polar surface area (TPSA) is 73.8 Å². The molecule has 0 saturated carbocycles. The van der Waals surface area contributed by atoms with E-state index in [-0.39, 0.29) is 11.8 Å². The Kier molecular flexibility index (Phi) is 4.18. The van der Waals surface area contributed by atoms with Crippen LogP contribution in [0.15, 0.2) is 57.9 Å². The number of carbonyl (C=O) groups excluding carboxylic acids is 2. The summed E-state index contributed by atoms with van der Waals surface area (Å²) in [6.45, 7) is 3.57. The number of hydrogen-bond acceptors (Lipinski definition) is 6. The van der Waals surface area contributed by atoms with Crippen molar-refractivity contribution in [3.8, 4) is 0 Å². The molecule has 0 unspecified atom stereocenters. The molecule has 0 saturated heterocycles. The Labute approximate surface area is 159 Å². The van der Waals surface area contributed by atoms with Crippen molar-refractivity contribution in [1.82, 2.24) is 15.8 Å². The molecule has 3 heterocycles. The number of hydrogen-bond donors (Lipinski definition) is 2. The van der Waals surface area contributed by atoms with Gasteiger partial charge in [-0.1, -0.05) is 36.4 Å². The van der Waals surface area contributed by atoms with Crippen LogP contribution < -0.4 is 10.7 Å². The van der Waals surface area contributed by atoms with Gasteiger partial charge < -0.3 is 5.32 Å². The second-order valence-electron chi connectivity index (χ2n) is 6.35. The molecule has 0 bridgehead atoms. The van der Waals surface area contributed by atoms with Gasteiger partial charge in [-0.05, 0) is 37.1 Å². The highest BCUT2D eigenvalue weighted by Gasteiger charge is 2.42. The number of amides is 2. The highest BCUT2D eigenvalue weighted by Crippen LogP contribution is 2.40. The van der Waals surface area contributed by atoms with Crippen LogP contribution in [0.25, 0.3) is 5.70 Å². The van der Waals surface area contributed by atoms with Crippen LogP contribution in [0.3, 0.4) is 0 Å². The van der Waals surface area contributed by atoms with E-state index in [0.29, 0.717) is 15.1 Å². The molecule has 8 heteroatoms. The van der Waals surface area contributed by atoms with Gasteiger partial charge in [-0.15, -0.1) is 11.3 Å². The van der Waals surface area contributed by atoms with Crippen LogP contribution >= 0.6 is 23.1 Å². The van der Waals surface area contributed by atoms with Crippen molar-refractivity contribution in [3.63, 3.8) is 0 Å². The van der Waals surface area contributed by atoms with E-state index in [1.165, 1.54) is 23.1 Å². The minimum absolute atomic E-state index is 0.179. The van der Waals surface area contributed by atoms with Crippen molar-refractivity contribution in [2.24, 2.45) is 4.99 Å². The van der Waals surface area contributed by atoms with Gasteiger partial charge in [0.2, 0.25) is 0 Å². The van der Waals surface area contributed by atoms with Crippen LogP contribution in [-0.4, -0.2) is 27.5 Å². The molecule has 0 atom stereocenters. The first-order chi connectivity index (χ1) is 12.5. The van der Waals surface area contributed by atoms with E-state index in [4.69, 9.17) is 0 Å². The maximum absolute atomic E-state index is 12.5. The summed E-state index contributed by atoms with van der Waals surface area (Å²) >= 11 is 2.65. The van der Waals surface area contributed by atoms with E-state index < -0.39 is 5.54 Å². The Morgan fingerprint density at radius 1 is 1.19 bits per heavy atom. The van der Waals surface area contributed by atoms with E-state index in [2.05, 4.69) is 15.7 Å². The summed E-state index contributed by atoms with van der Waals surface area (Å²) in [5, 5.41) is 7.77. The van der Waals surface area contributed by atoms with Crippen molar-refractivity contribution < 1.29 is 9.59 Å². The summed E-state index contributed by atoms with van der Waals surface area (Å²) in [4.78, 5) is 29.6. The molecule has 2 N–H and O–H groups in total. The van der Waals surface area contributed by atoms with Gasteiger partial charge in [0, 0.05) is 5.56 Å². The van der Waals surface area contributed by atoms with Crippen molar-refractivity contribution in [2.45, 2.75) is 19.4 Å². The fraction of sp³-hybridized carbons (Fsp3) is 0.167. The zero-order valence-electron chi connectivity index (χ0n) is 14.1. The number of nitrogens with zero attached hydrogens (tertiary/aromatic N) is 2. The lowest BCUT2D eigenvalue weighted by molar-refractivity contribution is -0.124. The van der Waals surface area contributed by atoms with E-state index in [0.717, 1.165) is 11.3 Å². The molecule has 1 aromatic heterocycles. The summed E-state index contributed by atoms with van der Waals surface area (Å²) in [7, 11) is 0. The van der Waals surface area contributed by atoms with Crippen LogP contribution in [0.2, 0.25) is 0 Å². The van der Waals surface area contributed by atoms with E-state index in [1.807, 2.05) is 41.8 Å². The number of hydrazine groups is 1. The van der Waals surface area contributed by atoms with E-state index >= 15 is 0 Å². The van der Waals surface area contributed by atoms with Crippen molar-refractivity contribution in [2.75, 3.05) is 0 Å². The third kappa shape index (κ3) is 2.96. The maximum Gasteiger partial charge on any atom is 0.269 e. The third-order valence-electron chi connectivity index (χ3n) is 3.97. The van der Waals surface area contributed by atoms with Crippen molar-refractivity contribution in [1.29, 1.82) is 0 Å². The summed E-state index contributed by atoms with van der Waals surface area (Å²) in [6, 6.07) is 13.3. The lowest BCUT2D eigenvalue weighted by atomic mass is 10.1. The second-order valence-corrected chi connectivity index (χ2v) is 8.27. The highest BCUT2D eigenvalue weighted by molar-refractivity contribution is 8.17. The Hall–Kier alpha value is -2.42. The van der Waals surface area contributed by atoms with Gasteiger partial charge in [0.1, 0.15) is 10.6 Å². The molecule has 0 aliphatic carbocycles. The molecular formula is C18H16N4O2S2. The maximum atomic E-state index is 12.5. The van der Waals surface area contributed by atoms with Gasteiger partial charge in [0.25, 0.3) is 11.8 Å². The smallest absolute Gasteiger partial charge is 0.269 e. The third-order valence-corrected chi connectivity index (χ3v) is 5.79. The Bertz CT molecular complexity index is 933. The monoisotopic (exact) mass is 384 g/mol. The highest BCUT2D eigenvalue weighted by atomic mass is 32.2. The predicted octanol–water partition coefficient (Wildman–Crippen LogP) is 3.03. The quantitative estimate of drug-likeness (QED) is 0.851. The summed E-state index contributed by atoms with van der Waals surface area (Å²) < 4.78 is 0. The van der Waals surface area contributed by atoms with Gasteiger partial charge in [-0.25, -0.2) is 10.4 Å². The molecule has 0 spiro atoms. The standard InChI is InChI=1S/C18H16N4O2S2/c1-18(2)16(24)20-17-22(21-18)13(11-7-4-3-5-8-11)15(26-17)19-14(23)12-9-6-10-25-12/h3-10,21H,1-2H3,(H,19,23). The molecule has 2 aromatic rings. The number of amidine groups is 1. The van der Waals surface area contributed by atoms with Gasteiger partial charge in [-0.2, -0.15) is 4.99 Å². The predicted molar refractivity (Wildman–Crippen MR) is 104 cm³/mol. The zero-order valence-corrected chi connectivity index (χ0v) is 15.8. The summed E-state index contributed by atoms with van der Waals surface area (Å²) in [5.74, 6) is -0.420. The Balaban J connectivity index is 1.76. The minimum Gasteiger partial charge on any atom is -0.314 e. The Morgan fingerprint density at radius 3 is 2.65 bits per heavy atom. The summed E-state index contributed by atoms with van der Waals surface area (Å²) in [5.41, 5.74) is 4.09. The molecule has 0 radical (unpaired) electrons. The van der Waals surface area contributed by atoms with Crippen LogP contribution in [-0.2, 0) is 4.79 Å². The number of fused-ring (bicyclic) bond motifs is 1. The lowest BCUT2D eigenvalue weighted by Crippen LogP contribution is -2.58. The van der Waals surface area contributed by atoms with Crippen LogP contribution in [0.5, 0.6) is 0 Å². The number of nitrogens with one attached hydrogen (secondary N) is 2. The molecule has 2 aliphatic heterocycles. The average molecular weight is 384 g/mol. The van der Waals surface area contributed by atoms with E-state index in [1.54, 1.807) is 24.9 Å². The van der Waals surface area contributed by atoms with Crippen LogP contribution in [0, 0.1) is 0 Å². The van der Waals surface area contributed by atoms with Crippen molar-refractivity contribution in [3.05, 3.63) is 63.3 Å². The first-order valence-corrected chi connectivity index (χ1v) is 9.69. The molecule has 6 nitrogen and oxygen atoms in total. The molecule has 2 aliphatic rings. The number of carbonyl (C=O) groups is 2. The van der Waals surface area contributed by atoms with Crippen LogP contribution in [0.4, 0.5) is 0 Å². The number of aliphatic imine (C=N–C) groups is 1. The van der Waals surface area contributed by atoms with Crippen LogP contribution in [0.1, 0.15) is 29.1 Å².